The molecule has 4 heteroatoms. The van der Waals surface area contributed by atoms with Crippen LogP contribution in [0.5, 0.6) is 0 Å². The van der Waals surface area contributed by atoms with Crippen molar-refractivity contribution in [2.75, 3.05) is 19.6 Å². The zero-order valence-electron chi connectivity index (χ0n) is 10.8. The van der Waals surface area contributed by atoms with Crippen molar-refractivity contribution in [2.45, 2.75) is 40.3 Å². The molecule has 1 aromatic rings. The minimum Gasteiger partial charge on any atom is -0.311 e. The van der Waals surface area contributed by atoms with Crippen molar-refractivity contribution in [2.24, 2.45) is 0 Å². The predicted molar refractivity (Wildman–Crippen MR) is 70.9 cm³/mol. The predicted octanol–water partition coefficient (Wildman–Crippen LogP) is 2.27. The molecule has 92 valence electrons. The molecule has 0 unspecified atom stereocenters. The van der Waals surface area contributed by atoms with E-state index in [2.05, 4.69) is 36.0 Å². The van der Waals surface area contributed by atoms with E-state index in [1.165, 1.54) is 4.88 Å². The molecule has 1 heterocycles. The number of thiazole rings is 1. The molecule has 0 saturated heterocycles. The van der Waals surface area contributed by atoms with E-state index in [0.29, 0.717) is 6.04 Å². The summed E-state index contributed by atoms with van der Waals surface area (Å²) in [5.74, 6) is 0. The summed E-state index contributed by atoms with van der Waals surface area (Å²) in [7, 11) is 0. The quantitative estimate of drug-likeness (QED) is 0.742. The van der Waals surface area contributed by atoms with E-state index < -0.39 is 0 Å². The smallest absolute Gasteiger partial charge is 0.0897 e. The summed E-state index contributed by atoms with van der Waals surface area (Å²) < 4.78 is 0. The van der Waals surface area contributed by atoms with Gasteiger partial charge in [-0.15, -0.1) is 11.3 Å². The Hall–Kier alpha value is -0.450. The summed E-state index contributed by atoms with van der Waals surface area (Å²) in [5, 5.41) is 4.61. The van der Waals surface area contributed by atoms with Gasteiger partial charge in [0.05, 0.1) is 5.01 Å². The van der Waals surface area contributed by atoms with Crippen molar-refractivity contribution in [1.29, 1.82) is 0 Å². The van der Waals surface area contributed by atoms with Crippen LogP contribution in [-0.4, -0.2) is 35.6 Å². The van der Waals surface area contributed by atoms with Crippen molar-refractivity contribution in [3.05, 3.63) is 16.1 Å². The van der Waals surface area contributed by atoms with Crippen molar-refractivity contribution in [1.82, 2.24) is 15.2 Å². The lowest BCUT2D eigenvalue weighted by atomic mass is 10.3. The van der Waals surface area contributed by atoms with Crippen LogP contribution in [0.15, 0.2) is 6.20 Å². The van der Waals surface area contributed by atoms with Crippen molar-refractivity contribution >= 4 is 11.3 Å². The molecule has 1 rings (SSSR count). The second kappa shape index (κ2) is 6.99. The van der Waals surface area contributed by atoms with Crippen LogP contribution in [0.3, 0.4) is 0 Å². The SMILES string of the molecule is CCN(CCNCc1cnc(C)s1)C(C)C. The number of aromatic nitrogens is 1. The lowest BCUT2D eigenvalue weighted by Crippen LogP contribution is -2.36. The third-order valence-corrected chi connectivity index (χ3v) is 3.59. The summed E-state index contributed by atoms with van der Waals surface area (Å²) in [6.45, 7) is 13.0. The maximum Gasteiger partial charge on any atom is 0.0897 e. The standard InChI is InChI=1S/C12H23N3S/c1-5-15(10(2)3)7-6-13-8-12-9-14-11(4)16-12/h9-10,13H,5-8H2,1-4H3. The lowest BCUT2D eigenvalue weighted by Gasteiger charge is -2.24. The molecule has 0 aliphatic carbocycles. The molecule has 0 atom stereocenters. The van der Waals surface area contributed by atoms with E-state index in [9.17, 15) is 0 Å². The highest BCUT2D eigenvalue weighted by Gasteiger charge is 2.05. The first-order valence-electron chi connectivity index (χ1n) is 5.99. The molecular formula is C12H23N3S. The van der Waals surface area contributed by atoms with Gasteiger partial charge in [-0.1, -0.05) is 6.92 Å². The fourth-order valence-corrected chi connectivity index (χ4v) is 2.47. The molecule has 0 aliphatic heterocycles. The maximum absolute atomic E-state index is 4.24. The molecule has 0 aromatic carbocycles. The normalized spacial score (nSPS) is 11.6. The Morgan fingerprint density at radius 1 is 1.50 bits per heavy atom. The highest BCUT2D eigenvalue weighted by atomic mass is 32.1. The van der Waals surface area contributed by atoms with Crippen LogP contribution in [0, 0.1) is 6.92 Å². The van der Waals surface area contributed by atoms with Crippen molar-refractivity contribution in [3.63, 3.8) is 0 Å². The molecule has 0 bridgehead atoms. The van der Waals surface area contributed by atoms with Crippen LogP contribution in [0.4, 0.5) is 0 Å². The summed E-state index contributed by atoms with van der Waals surface area (Å²) in [5.41, 5.74) is 0. The third kappa shape index (κ3) is 4.60. The molecule has 0 spiro atoms. The molecule has 0 amide bonds. The van der Waals surface area contributed by atoms with Gasteiger partial charge in [0.25, 0.3) is 0 Å². The number of likely N-dealkylation sites (N-methyl/N-ethyl adjacent to an activating group) is 1. The topological polar surface area (TPSA) is 28.2 Å². The van der Waals surface area contributed by atoms with Crippen LogP contribution < -0.4 is 5.32 Å². The first-order valence-corrected chi connectivity index (χ1v) is 6.81. The molecule has 0 saturated carbocycles. The molecule has 1 N–H and O–H groups in total. The van der Waals surface area contributed by atoms with Gasteiger partial charge in [-0.05, 0) is 27.3 Å². The van der Waals surface area contributed by atoms with Gasteiger partial charge in [-0.3, -0.25) is 4.90 Å². The maximum atomic E-state index is 4.24. The minimum atomic E-state index is 0.637. The van der Waals surface area contributed by atoms with Gasteiger partial charge in [0.1, 0.15) is 0 Å². The highest BCUT2D eigenvalue weighted by molar-refractivity contribution is 7.11. The Morgan fingerprint density at radius 2 is 2.25 bits per heavy atom. The van der Waals surface area contributed by atoms with Gasteiger partial charge >= 0.3 is 0 Å². The number of hydrogen-bond acceptors (Lipinski definition) is 4. The van der Waals surface area contributed by atoms with Gasteiger partial charge in [0.2, 0.25) is 0 Å². The number of aryl methyl sites for hydroxylation is 1. The molecular weight excluding hydrogens is 218 g/mol. The van der Waals surface area contributed by atoms with E-state index in [0.717, 1.165) is 31.2 Å². The largest absolute Gasteiger partial charge is 0.311 e. The Balaban J connectivity index is 2.16. The fraction of sp³-hybridized carbons (Fsp3) is 0.750. The summed E-state index contributed by atoms with van der Waals surface area (Å²) in [4.78, 5) is 8.03. The number of nitrogens with one attached hydrogen (secondary N) is 1. The van der Waals surface area contributed by atoms with Gasteiger partial charge < -0.3 is 5.32 Å². The fourth-order valence-electron chi connectivity index (χ4n) is 1.70. The second-order valence-corrected chi connectivity index (χ2v) is 5.56. The number of rotatable bonds is 7. The monoisotopic (exact) mass is 241 g/mol. The van der Waals surface area contributed by atoms with Gasteiger partial charge in [-0.25, -0.2) is 4.98 Å². The molecule has 16 heavy (non-hydrogen) atoms. The highest BCUT2D eigenvalue weighted by Crippen LogP contribution is 2.10. The Morgan fingerprint density at radius 3 is 2.75 bits per heavy atom. The van der Waals surface area contributed by atoms with E-state index in [1.54, 1.807) is 11.3 Å². The Labute approximate surface area is 103 Å². The van der Waals surface area contributed by atoms with Gasteiger partial charge in [0, 0.05) is 36.8 Å². The van der Waals surface area contributed by atoms with E-state index in [1.807, 2.05) is 13.1 Å². The van der Waals surface area contributed by atoms with Gasteiger partial charge in [0.15, 0.2) is 0 Å². The average molecular weight is 241 g/mol. The zero-order valence-corrected chi connectivity index (χ0v) is 11.6. The molecule has 0 fully saturated rings. The molecule has 0 aliphatic rings. The first-order chi connectivity index (χ1) is 7.63. The van der Waals surface area contributed by atoms with E-state index >= 15 is 0 Å². The summed E-state index contributed by atoms with van der Waals surface area (Å²) in [6, 6.07) is 0.637. The third-order valence-electron chi connectivity index (χ3n) is 2.68. The number of hydrogen-bond donors (Lipinski definition) is 1. The molecule has 3 nitrogen and oxygen atoms in total. The van der Waals surface area contributed by atoms with E-state index in [4.69, 9.17) is 0 Å². The summed E-state index contributed by atoms with van der Waals surface area (Å²) in [6.07, 6.45) is 1.97. The molecule has 1 aromatic heterocycles. The van der Waals surface area contributed by atoms with Crippen molar-refractivity contribution < 1.29 is 0 Å². The van der Waals surface area contributed by atoms with Crippen LogP contribution in [0.25, 0.3) is 0 Å². The van der Waals surface area contributed by atoms with Crippen molar-refractivity contribution in [3.8, 4) is 0 Å². The summed E-state index contributed by atoms with van der Waals surface area (Å²) >= 11 is 1.77. The zero-order chi connectivity index (χ0) is 12.0. The Kier molecular flexibility index (Phi) is 5.95. The first kappa shape index (κ1) is 13.6. The number of nitrogens with zero attached hydrogens (tertiary/aromatic N) is 2. The van der Waals surface area contributed by atoms with Crippen LogP contribution >= 0.6 is 11.3 Å². The van der Waals surface area contributed by atoms with E-state index in [-0.39, 0.29) is 0 Å². The Bertz CT molecular complexity index is 296. The van der Waals surface area contributed by atoms with Crippen LogP contribution in [0.2, 0.25) is 0 Å². The van der Waals surface area contributed by atoms with Crippen LogP contribution in [0.1, 0.15) is 30.7 Å². The minimum absolute atomic E-state index is 0.637. The van der Waals surface area contributed by atoms with Gasteiger partial charge in [-0.2, -0.15) is 0 Å². The molecule has 0 radical (unpaired) electrons. The lowest BCUT2D eigenvalue weighted by molar-refractivity contribution is 0.234. The van der Waals surface area contributed by atoms with Crippen LogP contribution in [-0.2, 0) is 6.54 Å². The second-order valence-electron chi connectivity index (χ2n) is 4.24. The average Bonchev–Trinajstić information content (AvgIpc) is 2.64.